The third kappa shape index (κ3) is 4.30. The summed E-state index contributed by atoms with van der Waals surface area (Å²) in [7, 11) is 1.52. The predicted molar refractivity (Wildman–Crippen MR) is 121 cm³/mol. The number of alkyl carbamates (subject to hydrolysis) is 1. The summed E-state index contributed by atoms with van der Waals surface area (Å²) in [4.78, 5) is 36.5. The molecule has 0 aliphatic heterocycles. The average molecular weight is 448 g/mol. The molecule has 0 unspecified atom stereocenters. The number of hydrogen-bond donors (Lipinski definition) is 3. The van der Waals surface area contributed by atoms with Gasteiger partial charge in [0.25, 0.3) is 0 Å². The van der Waals surface area contributed by atoms with Crippen molar-refractivity contribution in [3.8, 4) is 11.1 Å². The lowest BCUT2D eigenvalue weighted by molar-refractivity contribution is -0.118. The maximum atomic E-state index is 12.7. The zero-order chi connectivity index (χ0) is 23.5. The van der Waals surface area contributed by atoms with Crippen molar-refractivity contribution >= 4 is 23.8 Å². The second-order valence-corrected chi connectivity index (χ2v) is 7.76. The van der Waals surface area contributed by atoms with Gasteiger partial charge in [-0.3, -0.25) is 9.48 Å². The number of carboxylic acids is 1. The van der Waals surface area contributed by atoms with Gasteiger partial charge in [0.15, 0.2) is 0 Å². The molecule has 1 aliphatic carbocycles. The Labute approximate surface area is 190 Å². The molecule has 9 nitrogen and oxygen atoms in total. The van der Waals surface area contributed by atoms with Crippen molar-refractivity contribution in [2.75, 3.05) is 11.9 Å². The normalized spacial score (nSPS) is 13.0. The topological polar surface area (TPSA) is 123 Å². The number of hydrogen-bond acceptors (Lipinski definition) is 5. The molecule has 3 N–H and O–H groups in total. The second kappa shape index (κ2) is 9.15. The van der Waals surface area contributed by atoms with Gasteiger partial charge in [-0.1, -0.05) is 55.5 Å². The molecular formula is C24H24N4O5. The number of aromatic carboxylic acids is 1. The molecule has 2 aromatic carbocycles. The van der Waals surface area contributed by atoms with Crippen molar-refractivity contribution in [3.05, 3.63) is 71.4 Å². The number of benzene rings is 2. The Morgan fingerprint density at radius 1 is 1.09 bits per heavy atom. The molecule has 3 aromatic rings. The summed E-state index contributed by atoms with van der Waals surface area (Å²) in [6.45, 7) is 1.86. The van der Waals surface area contributed by atoms with Crippen LogP contribution in [-0.4, -0.2) is 45.5 Å². The van der Waals surface area contributed by atoms with Crippen molar-refractivity contribution in [2.24, 2.45) is 7.05 Å². The summed E-state index contributed by atoms with van der Waals surface area (Å²) < 4.78 is 6.75. The van der Waals surface area contributed by atoms with E-state index in [2.05, 4.69) is 27.9 Å². The van der Waals surface area contributed by atoms with Gasteiger partial charge < -0.3 is 20.5 Å². The zero-order valence-corrected chi connectivity index (χ0v) is 18.2. The molecule has 0 radical (unpaired) electrons. The van der Waals surface area contributed by atoms with Gasteiger partial charge in [0.1, 0.15) is 24.0 Å². The molecule has 0 saturated carbocycles. The van der Waals surface area contributed by atoms with E-state index >= 15 is 0 Å². The maximum Gasteiger partial charge on any atom is 0.407 e. The Balaban J connectivity index is 1.41. The van der Waals surface area contributed by atoms with E-state index in [0.717, 1.165) is 28.5 Å². The number of rotatable bonds is 7. The van der Waals surface area contributed by atoms with Crippen molar-refractivity contribution in [2.45, 2.75) is 25.3 Å². The molecule has 0 bridgehead atoms. The lowest BCUT2D eigenvalue weighted by Gasteiger charge is -2.19. The molecule has 1 heterocycles. The van der Waals surface area contributed by atoms with E-state index in [1.54, 1.807) is 6.92 Å². The quantitative estimate of drug-likeness (QED) is 0.509. The minimum absolute atomic E-state index is 0.0419. The highest BCUT2D eigenvalue weighted by Crippen LogP contribution is 2.44. The summed E-state index contributed by atoms with van der Waals surface area (Å²) in [6, 6.07) is 15.1. The first-order valence-corrected chi connectivity index (χ1v) is 10.6. The first-order valence-electron chi connectivity index (χ1n) is 10.6. The van der Waals surface area contributed by atoms with Crippen molar-refractivity contribution in [3.63, 3.8) is 0 Å². The molecule has 0 fully saturated rings. The number of carbonyl (C=O) groups excluding carboxylic acids is 2. The van der Waals surface area contributed by atoms with Crippen LogP contribution in [0.15, 0.2) is 54.7 Å². The molecular weight excluding hydrogens is 424 g/mol. The largest absolute Gasteiger partial charge is 0.477 e. The van der Waals surface area contributed by atoms with Crippen molar-refractivity contribution in [1.82, 2.24) is 15.1 Å². The highest BCUT2D eigenvalue weighted by Gasteiger charge is 2.30. The first-order chi connectivity index (χ1) is 15.9. The summed E-state index contributed by atoms with van der Waals surface area (Å²) >= 11 is 0. The number of carboxylic acid groups (broad SMARTS) is 1. The van der Waals surface area contributed by atoms with Crippen LogP contribution in [0.5, 0.6) is 0 Å². The molecule has 170 valence electrons. The van der Waals surface area contributed by atoms with Crippen molar-refractivity contribution < 1.29 is 24.2 Å². The number of anilines is 1. The minimum atomic E-state index is -1.21. The molecule has 1 atom stereocenters. The fourth-order valence-corrected chi connectivity index (χ4v) is 4.08. The van der Waals surface area contributed by atoms with E-state index < -0.39 is 24.0 Å². The highest BCUT2D eigenvalue weighted by molar-refractivity contribution is 6.01. The molecule has 9 heteroatoms. The SMILES string of the molecule is CC[C@H](NC(=O)OCC1c2ccccc2-c2ccccc21)C(=O)Nc1c(C(=O)O)cnn1C. The van der Waals surface area contributed by atoms with Crippen LogP contribution in [0.25, 0.3) is 11.1 Å². The van der Waals surface area contributed by atoms with Crippen LogP contribution in [0.4, 0.5) is 10.6 Å². The Morgan fingerprint density at radius 2 is 1.70 bits per heavy atom. The van der Waals surface area contributed by atoms with Crippen LogP contribution >= 0.6 is 0 Å². The van der Waals surface area contributed by atoms with E-state index in [0.29, 0.717) is 0 Å². The van der Waals surface area contributed by atoms with Gasteiger partial charge in [0, 0.05) is 13.0 Å². The number of nitrogens with one attached hydrogen (secondary N) is 2. The second-order valence-electron chi connectivity index (χ2n) is 7.76. The Bertz CT molecular complexity index is 1170. The summed E-state index contributed by atoms with van der Waals surface area (Å²) in [5.74, 6) is -1.82. The van der Waals surface area contributed by atoms with Crippen LogP contribution in [0.3, 0.4) is 0 Å². The number of aryl methyl sites for hydroxylation is 1. The van der Waals surface area contributed by atoms with Crippen LogP contribution in [-0.2, 0) is 16.6 Å². The molecule has 0 saturated heterocycles. The van der Waals surface area contributed by atoms with Gasteiger partial charge in [0.05, 0.1) is 6.20 Å². The standard InChI is InChI=1S/C24H24N4O5/c1-3-20(22(29)27-21-18(23(30)31)12-25-28(21)2)26-24(32)33-13-19-16-10-6-4-8-14(16)15-9-5-7-11-17(15)19/h4-12,19-20H,3,13H2,1-2H3,(H,26,32)(H,27,29)(H,30,31)/t20-/m0/s1. The molecule has 1 aliphatic rings. The zero-order valence-electron chi connectivity index (χ0n) is 18.2. The third-order valence-corrected chi connectivity index (χ3v) is 5.77. The molecule has 33 heavy (non-hydrogen) atoms. The van der Waals surface area contributed by atoms with E-state index in [1.807, 2.05) is 36.4 Å². The lowest BCUT2D eigenvalue weighted by Crippen LogP contribution is -2.44. The predicted octanol–water partition coefficient (Wildman–Crippen LogP) is 3.37. The fourth-order valence-electron chi connectivity index (χ4n) is 4.08. The van der Waals surface area contributed by atoms with Gasteiger partial charge >= 0.3 is 12.1 Å². The maximum absolute atomic E-state index is 12.7. The van der Waals surface area contributed by atoms with Gasteiger partial charge in [-0.2, -0.15) is 5.10 Å². The fraction of sp³-hybridized carbons (Fsp3) is 0.250. The van der Waals surface area contributed by atoms with Gasteiger partial charge in [0.2, 0.25) is 5.91 Å². The monoisotopic (exact) mass is 448 g/mol. The summed E-state index contributed by atoms with van der Waals surface area (Å²) in [6.07, 6.45) is 0.719. The van der Waals surface area contributed by atoms with E-state index in [4.69, 9.17) is 4.74 Å². The molecule has 0 spiro atoms. The summed E-state index contributed by atoms with van der Waals surface area (Å²) in [5.41, 5.74) is 4.29. The van der Waals surface area contributed by atoms with E-state index in [-0.39, 0.29) is 30.3 Å². The third-order valence-electron chi connectivity index (χ3n) is 5.77. The average Bonchev–Trinajstić information content (AvgIpc) is 3.34. The summed E-state index contributed by atoms with van der Waals surface area (Å²) in [5, 5.41) is 18.2. The highest BCUT2D eigenvalue weighted by atomic mass is 16.5. The Kier molecular flexibility index (Phi) is 6.12. The van der Waals surface area contributed by atoms with Gasteiger partial charge in [-0.05, 0) is 28.7 Å². The van der Waals surface area contributed by atoms with Gasteiger partial charge in [-0.25, -0.2) is 9.59 Å². The number of amides is 2. The van der Waals surface area contributed by atoms with Crippen LogP contribution in [0.2, 0.25) is 0 Å². The number of aromatic nitrogens is 2. The number of nitrogens with zero attached hydrogens (tertiary/aromatic N) is 2. The molecule has 1 aromatic heterocycles. The van der Waals surface area contributed by atoms with Crippen LogP contribution in [0.1, 0.15) is 40.7 Å². The lowest BCUT2D eigenvalue weighted by atomic mass is 9.98. The first kappa shape index (κ1) is 22.1. The van der Waals surface area contributed by atoms with E-state index in [1.165, 1.54) is 11.7 Å². The smallest absolute Gasteiger partial charge is 0.407 e. The number of carbonyl (C=O) groups is 3. The Hall–Kier alpha value is -4.14. The van der Waals surface area contributed by atoms with Crippen LogP contribution in [0, 0.1) is 0 Å². The Morgan fingerprint density at radius 3 is 2.27 bits per heavy atom. The molecule has 4 rings (SSSR count). The number of fused-ring (bicyclic) bond motifs is 3. The van der Waals surface area contributed by atoms with Crippen molar-refractivity contribution in [1.29, 1.82) is 0 Å². The van der Waals surface area contributed by atoms with E-state index in [9.17, 15) is 19.5 Å². The molecule has 2 amide bonds. The van der Waals surface area contributed by atoms with Crippen LogP contribution < -0.4 is 10.6 Å². The minimum Gasteiger partial charge on any atom is -0.477 e. The van der Waals surface area contributed by atoms with Gasteiger partial charge in [-0.15, -0.1) is 0 Å². The number of ether oxygens (including phenoxy) is 1.